The molecule has 2 amide bonds. The number of nitrogens with zero attached hydrogens (tertiary/aromatic N) is 1. The molecule has 0 radical (unpaired) electrons. The van der Waals surface area contributed by atoms with Crippen LogP contribution in [0, 0.1) is 11.8 Å². The second-order valence-electron chi connectivity index (χ2n) is 6.20. The van der Waals surface area contributed by atoms with Crippen LogP contribution in [0.3, 0.4) is 0 Å². The Morgan fingerprint density at radius 1 is 1.14 bits per heavy atom. The molecule has 0 aromatic heterocycles. The summed E-state index contributed by atoms with van der Waals surface area (Å²) in [6.45, 7) is 2.27. The average Bonchev–Trinajstić information content (AvgIpc) is 2.52. The van der Waals surface area contributed by atoms with E-state index in [1.165, 1.54) is 0 Å². The first-order chi connectivity index (χ1) is 10.1. The monoisotopic (exact) mass is 294 g/mol. The minimum absolute atomic E-state index is 0.0428. The molecule has 118 valence electrons. The number of likely N-dealkylation sites (tertiary alicyclic amines) is 1. The smallest absolute Gasteiger partial charge is 0.317 e. The van der Waals surface area contributed by atoms with Crippen LogP contribution in [0.2, 0.25) is 0 Å². The fourth-order valence-electron chi connectivity index (χ4n) is 3.14. The number of allylic oxidation sites excluding steroid dienone is 2. The van der Waals surface area contributed by atoms with Gasteiger partial charge in [0.05, 0.1) is 0 Å². The van der Waals surface area contributed by atoms with Gasteiger partial charge in [0.2, 0.25) is 0 Å². The van der Waals surface area contributed by atoms with Gasteiger partial charge in [-0.25, -0.2) is 4.79 Å². The predicted molar refractivity (Wildman–Crippen MR) is 81.0 cm³/mol. The SMILES string of the molecule is O=C(O)CCC1CCN(C(=O)NCC2CC=CCC2)CC1. The maximum absolute atomic E-state index is 12.1. The maximum Gasteiger partial charge on any atom is 0.317 e. The molecule has 1 heterocycles. The van der Waals surface area contributed by atoms with Crippen LogP contribution in [0.15, 0.2) is 12.2 Å². The number of amides is 2. The van der Waals surface area contributed by atoms with E-state index in [1.54, 1.807) is 0 Å². The van der Waals surface area contributed by atoms with Crippen molar-refractivity contribution in [2.24, 2.45) is 11.8 Å². The Morgan fingerprint density at radius 2 is 1.90 bits per heavy atom. The summed E-state index contributed by atoms with van der Waals surface area (Å²) in [7, 11) is 0. The van der Waals surface area contributed by atoms with Gasteiger partial charge in [-0.15, -0.1) is 0 Å². The highest BCUT2D eigenvalue weighted by atomic mass is 16.4. The number of carboxylic acids is 1. The van der Waals surface area contributed by atoms with Crippen LogP contribution in [0.4, 0.5) is 4.79 Å². The number of rotatable bonds is 5. The fraction of sp³-hybridized carbons (Fsp3) is 0.750. The van der Waals surface area contributed by atoms with Gasteiger partial charge < -0.3 is 15.3 Å². The van der Waals surface area contributed by atoms with Crippen molar-refractivity contribution in [1.29, 1.82) is 0 Å². The van der Waals surface area contributed by atoms with Crippen molar-refractivity contribution in [3.8, 4) is 0 Å². The van der Waals surface area contributed by atoms with Gasteiger partial charge in [-0.3, -0.25) is 4.79 Å². The van der Waals surface area contributed by atoms with Gasteiger partial charge in [-0.1, -0.05) is 12.2 Å². The average molecular weight is 294 g/mol. The maximum atomic E-state index is 12.1. The zero-order valence-corrected chi connectivity index (χ0v) is 12.6. The van der Waals surface area contributed by atoms with Crippen molar-refractivity contribution >= 4 is 12.0 Å². The molecular formula is C16H26N2O3. The largest absolute Gasteiger partial charge is 0.481 e. The highest BCUT2D eigenvalue weighted by Crippen LogP contribution is 2.22. The molecule has 0 spiro atoms. The summed E-state index contributed by atoms with van der Waals surface area (Å²) in [6.07, 6.45) is 10.6. The third-order valence-electron chi connectivity index (χ3n) is 4.59. The Bertz CT molecular complexity index is 387. The van der Waals surface area contributed by atoms with E-state index in [-0.39, 0.29) is 12.5 Å². The van der Waals surface area contributed by atoms with Crippen LogP contribution in [0.5, 0.6) is 0 Å². The van der Waals surface area contributed by atoms with Crippen molar-refractivity contribution in [2.45, 2.75) is 44.9 Å². The number of carbonyl (C=O) groups is 2. The summed E-state index contributed by atoms with van der Waals surface area (Å²) in [5.41, 5.74) is 0. The summed E-state index contributed by atoms with van der Waals surface area (Å²) in [5, 5.41) is 11.7. The Kier molecular flexibility index (Phi) is 6.08. The van der Waals surface area contributed by atoms with E-state index in [0.29, 0.717) is 11.8 Å². The number of carboxylic acid groups (broad SMARTS) is 1. The summed E-state index contributed by atoms with van der Waals surface area (Å²) in [5.74, 6) is 0.303. The number of nitrogens with one attached hydrogen (secondary N) is 1. The second kappa shape index (κ2) is 8.05. The molecule has 2 rings (SSSR count). The van der Waals surface area contributed by atoms with E-state index in [9.17, 15) is 9.59 Å². The number of piperidine rings is 1. The van der Waals surface area contributed by atoms with Crippen molar-refractivity contribution in [1.82, 2.24) is 10.2 Å². The van der Waals surface area contributed by atoms with Crippen molar-refractivity contribution in [3.63, 3.8) is 0 Å². The number of urea groups is 1. The van der Waals surface area contributed by atoms with Crippen LogP contribution >= 0.6 is 0 Å². The van der Waals surface area contributed by atoms with Gasteiger partial charge in [-0.2, -0.15) is 0 Å². The van der Waals surface area contributed by atoms with E-state index >= 15 is 0 Å². The first kappa shape index (κ1) is 15.9. The Labute approximate surface area is 126 Å². The van der Waals surface area contributed by atoms with E-state index in [1.807, 2.05) is 4.90 Å². The first-order valence-corrected chi connectivity index (χ1v) is 8.04. The molecule has 21 heavy (non-hydrogen) atoms. The van der Waals surface area contributed by atoms with Crippen LogP contribution in [0.25, 0.3) is 0 Å². The zero-order chi connectivity index (χ0) is 15.1. The minimum atomic E-state index is -0.725. The van der Waals surface area contributed by atoms with E-state index < -0.39 is 5.97 Å². The Hall–Kier alpha value is -1.52. The van der Waals surface area contributed by atoms with Crippen molar-refractivity contribution in [2.75, 3.05) is 19.6 Å². The second-order valence-corrected chi connectivity index (χ2v) is 6.20. The lowest BCUT2D eigenvalue weighted by atomic mass is 9.92. The van der Waals surface area contributed by atoms with Crippen LogP contribution in [-0.4, -0.2) is 41.6 Å². The Balaban J connectivity index is 1.63. The van der Waals surface area contributed by atoms with Crippen molar-refractivity contribution < 1.29 is 14.7 Å². The van der Waals surface area contributed by atoms with Gasteiger partial charge in [0.15, 0.2) is 0 Å². The molecule has 0 saturated carbocycles. The molecule has 0 bridgehead atoms. The van der Waals surface area contributed by atoms with Gasteiger partial charge in [0, 0.05) is 26.1 Å². The molecular weight excluding hydrogens is 268 g/mol. The topological polar surface area (TPSA) is 69.6 Å². The molecule has 0 aromatic carbocycles. The molecule has 1 atom stereocenters. The molecule has 5 nitrogen and oxygen atoms in total. The quantitative estimate of drug-likeness (QED) is 0.766. The zero-order valence-electron chi connectivity index (χ0n) is 12.6. The Morgan fingerprint density at radius 3 is 2.52 bits per heavy atom. The molecule has 1 aliphatic carbocycles. The lowest BCUT2D eigenvalue weighted by Gasteiger charge is -2.32. The van der Waals surface area contributed by atoms with E-state index in [4.69, 9.17) is 5.11 Å². The molecule has 2 aliphatic rings. The number of carbonyl (C=O) groups excluding carboxylic acids is 1. The highest BCUT2D eigenvalue weighted by molar-refractivity contribution is 5.74. The van der Waals surface area contributed by atoms with E-state index in [0.717, 1.165) is 58.2 Å². The molecule has 1 saturated heterocycles. The van der Waals surface area contributed by atoms with Crippen LogP contribution in [0.1, 0.15) is 44.9 Å². The summed E-state index contributed by atoms with van der Waals surface area (Å²) in [6, 6.07) is 0.0428. The standard InChI is InChI=1S/C16H26N2O3/c19-15(20)7-6-13-8-10-18(11-9-13)16(21)17-12-14-4-2-1-3-5-14/h1-2,13-14H,3-12H2,(H,17,21)(H,19,20). The van der Waals surface area contributed by atoms with Gasteiger partial charge in [0.1, 0.15) is 0 Å². The molecule has 0 aromatic rings. The lowest BCUT2D eigenvalue weighted by Crippen LogP contribution is -2.45. The molecule has 5 heteroatoms. The van der Waals surface area contributed by atoms with Gasteiger partial charge in [-0.05, 0) is 50.4 Å². The molecule has 1 aliphatic heterocycles. The molecule has 2 N–H and O–H groups in total. The minimum Gasteiger partial charge on any atom is -0.481 e. The van der Waals surface area contributed by atoms with E-state index in [2.05, 4.69) is 17.5 Å². The van der Waals surface area contributed by atoms with Crippen molar-refractivity contribution in [3.05, 3.63) is 12.2 Å². The molecule has 1 fully saturated rings. The summed E-state index contributed by atoms with van der Waals surface area (Å²) in [4.78, 5) is 24.6. The van der Waals surface area contributed by atoms with Gasteiger partial charge in [0.25, 0.3) is 0 Å². The number of aliphatic carboxylic acids is 1. The fourth-order valence-corrected chi connectivity index (χ4v) is 3.14. The number of hydrogen-bond acceptors (Lipinski definition) is 2. The third kappa shape index (κ3) is 5.40. The molecule has 1 unspecified atom stereocenters. The number of hydrogen-bond donors (Lipinski definition) is 2. The third-order valence-corrected chi connectivity index (χ3v) is 4.59. The first-order valence-electron chi connectivity index (χ1n) is 8.04. The summed E-state index contributed by atoms with van der Waals surface area (Å²) >= 11 is 0. The van der Waals surface area contributed by atoms with Crippen LogP contribution < -0.4 is 5.32 Å². The summed E-state index contributed by atoms with van der Waals surface area (Å²) < 4.78 is 0. The lowest BCUT2D eigenvalue weighted by molar-refractivity contribution is -0.137. The van der Waals surface area contributed by atoms with Crippen LogP contribution in [-0.2, 0) is 4.79 Å². The predicted octanol–water partition coefficient (Wildman–Crippen LogP) is 2.63. The highest BCUT2D eigenvalue weighted by Gasteiger charge is 2.23. The normalized spacial score (nSPS) is 23.0. The van der Waals surface area contributed by atoms with Gasteiger partial charge >= 0.3 is 12.0 Å².